The molecule has 3 N–H and O–H groups in total. The van der Waals surface area contributed by atoms with Gasteiger partial charge in [0.15, 0.2) is 5.82 Å². The largest absolute Gasteiger partial charge is 0.369 e. The molecular formula is C27H25FN2O. The minimum absolute atomic E-state index is 0.208. The van der Waals surface area contributed by atoms with Crippen LogP contribution in [0.3, 0.4) is 0 Å². The van der Waals surface area contributed by atoms with Gasteiger partial charge in [0.1, 0.15) is 0 Å². The second kappa shape index (κ2) is 7.69. The Balaban J connectivity index is 1.51. The number of aromatic amines is 1. The van der Waals surface area contributed by atoms with Gasteiger partial charge in [-0.05, 0) is 40.7 Å². The molecule has 0 atom stereocenters. The van der Waals surface area contributed by atoms with Crippen molar-refractivity contribution in [1.29, 1.82) is 0 Å². The minimum atomic E-state index is -0.338. The second-order valence-corrected chi connectivity index (χ2v) is 8.44. The van der Waals surface area contributed by atoms with E-state index >= 15 is 4.39 Å². The number of hydrogen-bond donors (Lipinski definition) is 2. The van der Waals surface area contributed by atoms with Gasteiger partial charge in [0, 0.05) is 22.9 Å². The Kier molecular flexibility index (Phi) is 4.85. The molecule has 1 aromatic heterocycles. The van der Waals surface area contributed by atoms with Crippen LogP contribution in [-0.4, -0.2) is 10.9 Å². The SMILES string of the molecule is CCCCc1ccc(-c2ccc3c4c([nH]c3c2F)-c2ccc(CC(N)=O)cc2C4)cc1. The van der Waals surface area contributed by atoms with E-state index in [1.165, 1.54) is 18.4 Å². The molecule has 0 unspecified atom stereocenters. The Bertz CT molecular complexity index is 1300. The summed E-state index contributed by atoms with van der Waals surface area (Å²) in [5, 5.41) is 0.920. The first-order valence-corrected chi connectivity index (χ1v) is 10.9. The Morgan fingerprint density at radius 3 is 2.52 bits per heavy atom. The number of halogens is 1. The van der Waals surface area contributed by atoms with Gasteiger partial charge in [0.2, 0.25) is 5.91 Å². The molecule has 0 fully saturated rings. The third kappa shape index (κ3) is 3.42. The van der Waals surface area contributed by atoms with Crippen molar-refractivity contribution < 1.29 is 9.18 Å². The van der Waals surface area contributed by atoms with Gasteiger partial charge in [0.25, 0.3) is 0 Å². The molecule has 1 heterocycles. The first-order valence-electron chi connectivity index (χ1n) is 10.9. The van der Waals surface area contributed by atoms with E-state index in [2.05, 4.69) is 24.0 Å². The van der Waals surface area contributed by atoms with E-state index in [9.17, 15) is 4.79 Å². The monoisotopic (exact) mass is 412 g/mol. The van der Waals surface area contributed by atoms with E-state index in [4.69, 9.17) is 5.73 Å². The van der Waals surface area contributed by atoms with Crippen LogP contribution in [0.15, 0.2) is 54.6 Å². The van der Waals surface area contributed by atoms with Gasteiger partial charge in [0.05, 0.1) is 17.6 Å². The number of rotatable bonds is 6. The van der Waals surface area contributed by atoms with Crippen LogP contribution in [0.2, 0.25) is 0 Å². The number of nitrogens with one attached hydrogen (secondary N) is 1. The van der Waals surface area contributed by atoms with Gasteiger partial charge >= 0.3 is 0 Å². The van der Waals surface area contributed by atoms with Crippen LogP contribution in [0.4, 0.5) is 4.39 Å². The van der Waals surface area contributed by atoms with Crippen LogP contribution in [0, 0.1) is 5.82 Å². The highest BCUT2D eigenvalue weighted by Crippen LogP contribution is 2.42. The number of unbranched alkanes of at least 4 members (excludes halogenated alkanes) is 1. The van der Waals surface area contributed by atoms with Crippen molar-refractivity contribution in [2.24, 2.45) is 5.73 Å². The molecule has 4 heteroatoms. The zero-order chi connectivity index (χ0) is 21.5. The lowest BCUT2D eigenvalue weighted by atomic mass is 9.99. The van der Waals surface area contributed by atoms with Gasteiger partial charge in [-0.1, -0.05) is 67.9 Å². The van der Waals surface area contributed by atoms with Crippen molar-refractivity contribution in [2.75, 3.05) is 0 Å². The molecule has 31 heavy (non-hydrogen) atoms. The van der Waals surface area contributed by atoms with E-state index in [1.807, 2.05) is 42.5 Å². The van der Waals surface area contributed by atoms with Gasteiger partial charge in [-0.2, -0.15) is 0 Å². The first-order chi connectivity index (χ1) is 15.0. The summed E-state index contributed by atoms with van der Waals surface area (Å²) in [5.74, 6) is -0.546. The molecule has 1 amide bonds. The first kappa shape index (κ1) is 19.6. The minimum Gasteiger partial charge on any atom is -0.369 e. The number of carbonyl (C=O) groups excluding carboxylic acids is 1. The molecule has 5 rings (SSSR count). The third-order valence-corrected chi connectivity index (χ3v) is 6.29. The zero-order valence-corrected chi connectivity index (χ0v) is 17.6. The maximum absolute atomic E-state index is 15.5. The third-order valence-electron chi connectivity index (χ3n) is 6.29. The molecule has 0 spiro atoms. The standard InChI is InChI=1S/C27H25FN2O/c1-2-3-4-16-5-8-18(9-6-16)20-11-12-22-23-15-19-13-17(14-24(29)31)7-10-21(19)26(23)30-27(22)25(20)28/h5-13,30H,2-4,14-15H2,1H3,(H2,29,31). The quantitative estimate of drug-likeness (QED) is 0.358. The van der Waals surface area contributed by atoms with Crippen LogP contribution in [0.5, 0.6) is 0 Å². The fourth-order valence-electron chi connectivity index (χ4n) is 4.69. The number of aryl methyl sites for hydroxylation is 1. The number of fused-ring (bicyclic) bond motifs is 5. The van der Waals surface area contributed by atoms with Crippen molar-refractivity contribution >= 4 is 16.8 Å². The highest BCUT2D eigenvalue weighted by atomic mass is 19.1. The molecular weight excluding hydrogens is 387 g/mol. The topological polar surface area (TPSA) is 58.9 Å². The van der Waals surface area contributed by atoms with Crippen LogP contribution in [0.25, 0.3) is 33.3 Å². The molecule has 3 nitrogen and oxygen atoms in total. The van der Waals surface area contributed by atoms with E-state index in [0.717, 1.165) is 51.7 Å². The van der Waals surface area contributed by atoms with E-state index in [-0.39, 0.29) is 18.1 Å². The van der Waals surface area contributed by atoms with E-state index in [1.54, 1.807) is 0 Å². The molecule has 0 bridgehead atoms. The van der Waals surface area contributed by atoms with Crippen molar-refractivity contribution in [3.63, 3.8) is 0 Å². The van der Waals surface area contributed by atoms with Crippen LogP contribution in [0.1, 0.15) is 42.0 Å². The molecule has 0 saturated carbocycles. The number of primary amides is 1. The zero-order valence-electron chi connectivity index (χ0n) is 17.6. The lowest BCUT2D eigenvalue weighted by molar-refractivity contribution is -0.117. The molecule has 4 aromatic rings. The number of hydrogen-bond acceptors (Lipinski definition) is 1. The number of carbonyl (C=O) groups is 1. The molecule has 0 aliphatic heterocycles. The fourth-order valence-corrected chi connectivity index (χ4v) is 4.69. The number of nitrogens with two attached hydrogens (primary N) is 1. The summed E-state index contributed by atoms with van der Waals surface area (Å²) in [6.45, 7) is 2.19. The predicted molar refractivity (Wildman–Crippen MR) is 123 cm³/mol. The Hall–Kier alpha value is -3.40. The second-order valence-electron chi connectivity index (χ2n) is 8.44. The molecule has 156 valence electrons. The highest BCUT2D eigenvalue weighted by Gasteiger charge is 2.25. The summed E-state index contributed by atoms with van der Waals surface area (Å²) in [4.78, 5) is 14.6. The lowest BCUT2D eigenvalue weighted by Crippen LogP contribution is -2.13. The summed E-state index contributed by atoms with van der Waals surface area (Å²) < 4.78 is 15.5. The van der Waals surface area contributed by atoms with Crippen LogP contribution >= 0.6 is 0 Å². The Morgan fingerprint density at radius 2 is 1.77 bits per heavy atom. The van der Waals surface area contributed by atoms with Gasteiger partial charge in [-0.3, -0.25) is 4.79 Å². The maximum atomic E-state index is 15.5. The molecule has 0 saturated heterocycles. The Morgan fingerprint density at radius 1 is 1.03 bits per heavy atom. The smallest absolute Gasteiger partial charge is 0.221 e. The summed E-state index contributed by atoms with van der Waals surface area (Å²) in [6, 6.07) is 18.1. The van der Waals surface area contributed by atoms with Gasteiger partial charge < -0.3 is 10.7 Å². The average molecular weight is 413 g/mol. The van der Waals surface area contributed by atoms with Crippen LogP contribution in [-0.2, 0) is 24.1 Å². The summed E-state index contributed by atoms with van der Waals surface area (Å²) in [7, 11) is 0. The van der Waals surface area contributed by atoms with Gasteiger partial charge in [-0.15, -0.1) is 0 Å². The molecule has 1 aliphatic rings. The summed E-state index contributed by atoms with van der Waals surface area (Å²) >= 11 is 0. The number of amides is 1. The predicted octanol–water partition coefficient (Wildman–Crippen LogP) is 5.92. The highest BCUT2D eigenvalue weighted by molar-refractivity contribution is 5.97. The molecule has 1 aliphatic carbocycles. The summed E-state index contributed by atoms with van der Waals surface area (Å²) in [5.41, 5.74) is 13.9. The van der Waals surface area contributed by atoms with Crippen molar-refractivity contribution in [3.8, 4) is 22.4 Å². The lowest BCUT2D eigenvalue weighted by Gasteiger charge is -2.08. The number of benzene rings is 3. The van der Waals surface area contributed by atoms with Crippen molar-refractivity contribution in [2.45, 2.75) is 39.0 Å². The van der Waals surface area contributed by atoms with E-state index in [0.29, 0.717) is 11.1 Å². The molecule has 0 radical (unpaired) electrons. The molecule has 3 aromatic carbocycles. The number of H-pyrrole nitrogens is 1. The normalized spacial score (nSPS) is 12.2. The average Bonchev–Trinajstić information content (AvgIpc) is 3.29. The number of aromatic nitrogens is 1. The summed E-state index contributed by atoms with van der Waals surface area (Å²) in [6.07, 6.45) is 4.35. The van der Waals surface area contributed by atoms with Gasteiger partial charge in [-0.25, -0.2) is 4.39 Å². The maximum Gasteiger partial charge on any atom is 0.221 e. The van der Waals surface area contributed by atoms with Crippen molar-refractivity contribution in [3.05, 3.63) is 82.7 Å². The van der Waals surface area contributed by atoms with E-state index < -0.39 is 0 Å². The van der Waals surface area contributed by atoms with Crippen LogP contribution < -0.4 is 5.73 Å². The Labute approximate surface area is 181 Å². The fraction of sp³-hybridized carbons (Fsp3) is 0.222. The van der Waals surface area contributed by atoms with Crippen molar-refractivity contribution in [1.82, 2.24) is 4.98 Å².